The van der Waals surface area contributed by atoms with Crippen LogP contribution in [0.3, 0.4) is 0 Å². The van der Waals surface area contributed by atoms with E-state index in [0.29, 0.717) is 35.2 Å². The van der Waals surface area contributed by atoms with Crippen molar-refractivity contribution in [1.29, 1.82) is 0 Å². The van der Waals surface area contributed by atoms with E-state index in [-0.39, 0.29) is 23.0 Å². The van der Waals surface area contributed by atoms with Crippen LogP contribution in [0.2, 0.25) is 0 Å². The topological polar surface area (TPSA) is 153 Å². The number of hydrogen-bond acceptors (Lipinski definition) is 8. The molecule has 0 unspecified atom stereocenters. The van der Waals surface area contributed by atoms with E-state index in [1.54, 1.807) is 23.2 Å². The van der Waals surface area contributed by atoms with Crippen LogP contribution in [0.25, 0.3) is 22.2 Å². The molecular formula is C22H29N9O2. The van der Waals surface area contributed by atoms with Crippen LogP contribution in [0, 0.1) is 6.92 Å². The fraction of sp³-hybridized carbons (Fsp3) is 0.455. The molecule has 11 heteroatoms. The molecule has 0 aromatic carbocycles. The zero-order valence-electron chi connectivity index (χ0n) is 19.7. The second kappa shape index (κ2) is 7.39. The predicted molar refractivity (Wildman–Crippen MR) is 128 cm³/mol. The summed E-state index contributed by atoms with van der Waals surface area (Å²) in [6.45, 7) is 11.7. The predicted octanol–water partition coefficient (Wildman–Crippen LogP) is 1.75. The van der Waals surface area contributed by atoms with Crippen LogP contribution in [-0.2, 0) is 17.6 Å². The highest BCUT2D eigenvalue weighted by Crippen LogP contribution is 2.24. The van der Waals surface area contributed by atoms with Gasteiger partial charge in [-0.05, 0) is 59.6 Å². The van der Waals surface area contributed by atoms with Crippen molar-refractivity contribution in [1.82, 2.24) is 33.6 Å². The van der Waals surface area contributed by atoms with E-state index in [9.17, 15) is 9.59 Å². The Labute approximate surface area is 190 Å². The molecular weight excluding hydrogens is 422 g/mol. The lowest BCUT2D eigenvalue weighted by molar-refractivity contribution is 0.304. The normalized spacial score (nSPS) is 12.7. The monoisotopic (exact) mass is 451 g/mol. The molecule has 11 nitrogen and oxygen atoms in total. The lowest BCUT2D eigenvalue weighted by Crippen LogP contribution is -2.40. The van der Waals surface area contributed by atoms with Gasteiger partial charge in [-0.1, -0.05) is 0 Å². The molecule has 0 bridgehead atoms. The highest BCUT2D eigenvalue weighted by molar-refractivity contribution is 5.78. The highest BCUT2D eigenvalue weighted by Gasteiger charge is 2.28. The fourth-order valence-electron chi connectivity index (χ4n) is 4.22. The van der Waals surface area contributed by atoms with Crippen molar-refractivity contribution < 1.29 is 0 Å². The summed E-state index contributed by atoms with van der Waals surface area (Å²) < 4.78 is 4.70. The maximum absolute atomic E-state index is 13.3. The van der Waals surface area contributed by atoms with Crippen LogP contribution in [-0.4, -0.2) is 33.6 Å². The maximum Gasteiger partial charge on any atom is 0.281 e. The van der Waals surface area contributed by atoms with Crippen LogP contribution in [0.1, 0.15) is 46.6 Å². The quantitative estimate of drug-likeness (QED) is 0.476. The van der Waals surface area contributed by atoms with E-state index >= 15 is 0 Å². The maximum atomic E-state index is 13.3. The van der Waals surface area contributed by atoms with Gasteiger partial charge in [0, 0.05) is 23.8 Å². The molecule has 4 aromatic heterocycles. The van der Waals surface area contributed by atoms with E-state index in [4.69, 9.17) is 11.5 Å². The van der Waals surface area contributed by atoms with Gasteiger partial charge in [0.2, 0.25) is 11.9 Å². The molecule has 0 aliphatic rings. The third kappa shape index (κ3) is 3.62. The Morgan fingerprint density at radius 1 is 0.909 bits per heavy atom. The number of nitrogen functional groups attached to an aromatic ring is 2. The van der Waals surface area contributed by atoms with E-state index in [1.807, 2.05) is 41.5 Å². The summed E-state index contributed by atoms with van der Waals surface area (Å²) in [5.74, 6) is 0.215. The molecule has 0 atom stereocenters. The number of aromatic nitrogens is 7. The largest absolute Gasteiger partial charge is 0.369 e. The Kier molecular flexibility index (Phi) is 5.03. The average molecular weight is 452 g/mol. The van der Waals surface area contributed by atoms with E-state index < -0.39 is 11.1 Å². The molecule has 4 heterocycles. The second-order valence-corrected chi connectivity index (χ2v) is 9.89. The molecule has 0 radical (unpaired) electrons. The molecule has 0 aliphatic carbocycles. The van der Waals surface area contributed by atoms with Crippen LogP contribution < -0.4 is 22.6 Å². The zero-order chi connectivity index (χ0) is 24.3. The van der Waals surface area contributed by atoms with Crippen molar-refractivity contribution in [3.8, 4) is 0 Å². The number of nitrogens with two attached hydrogens (primary N) is 2. The molecule has 33 heavy (non-hydrogen) atoms. The number of anilines is 2. The van der Waals surface area contributed by atoms with Crippen molar-refractivity contribution in [3.05, 3.63) is 44.9 Å². The number of hydrogen-bond donors (Lipinski definition) is 2. The van der Waals surface area contributed by atoms with Gasteiger partial charge in [0.25, 0.3) is 11.1 Å². The van der Waals surface area contributed by atoms with E-state index in [2.05, 4.69) is 19.9 Å². The lowest BCUT2D eigenvalue weighted by Gasteiger charge is -2.29. The van der Waals surface area contributed by atoms with Gasteiger partial charge >= 0.3 is 0 Å². The smallest absolute Gasteiger partial charge is 0.281 e. The van der Waals surface area contributed by atoms with Crippen molar-refractivity contribution in [3.63, 3.8) is 0 Å². The fourth-order valence-corrected chi connectivity index (χ4v) is 4.22. The zero-order valence-corrected chi connectivity index (χ0v) is 19.7. The minimum Gasteiger partial charge on any atom is -0.369 e. The van der Waals surface area contributed by atoms with Gasteiger partial charge < -0.3 is 16.0 Å². The molecule has 0 saturated heterocycles. The molecule has 174 valence electrons. The SMILES string of the molecule is Cc1ccnc2nc(N)n(C(C)(C)CCn3cnc4nc(N)n(C(C)(C)C)c(=O)c43)c(=O)c12. The summed E-state index contributed by atoms with van der Waals surface area (Å²) in [6.07, 6.45) is 3.66. The van der Waals surface area contributed by atoms with Gasteiger partial charge in [0.05, 0.1) is 11.7 Å². The van der Waals surface area contributed by atoms with Gasteiger partial charge in [0.15, 0.2) is 16.8 Å². The summed E-state index contributed by atoms with van der Waals surface area (Å²) >= 11 is 0. The average Bonchev–Trinajstić information content (AvgIpc) is 3.08. The number of fused-ring (bicyclic) bond motifs is 2. The Hall–Kier alpha value is -3.76. The van der Waals surface area contributed by atoms with Crippen LogP contribution in [0.15, 0.2) is 28.2 Å². The first-order valence-corrected chi connectivity index (χ1v) is 10.7. The van der Waals surface area contributed by atoms with E-state index in [0.717, 1.165) is 5.56 Å². The first kappa shape index (κ1) is 22.4. The lowest BCUT2D eigenvalue weighted by atomic mass is 9.99. The Balaban J connectivity index is 1.77. The molecule has 4 N–H and O–H groups in total. The van der Waals surface area contributed by atoms with Crippen molar-refractivity contribution in [2.45, 2.75) is 65.6 Å². The minimum absolute atomic E-state index is 0.0932. The molecule has 0 spiro atoms. The Bertz CT molecular complexity index is 1500. The number of rotatable bonds is 4. The molecule has 0 fully saturated rings. The van der Waals surface area contributed by atoms with Crippen molar-refractivity contribution in [2.24, 2.45) is 0 Å². The summed E-state index contributed by atoms with van der Waals surface area (Å²) in [7, 11) is 0. The van der Waals surface area contributed by atoms with Crippen LogP contribution >= 0.6 is 0 Å². The van der Waals surface area contributed by atoms with Crippen molar-refractivity contribution >= 4 is 34.1 Å². The molecule has 4 rings (SSSR count). The van der Waals surface area contributed by atoms with Crippen molar-refractivity contribution in [2.75, 3.05) is 11.5 Å². The van der Waals surface area contributed by atoms with Gasteiger partial charge in [0.1, 0.15) is 0 Å². The molecule has 0 saturated carbocycles. The number of imidazole rings is 1. The standard InChI is InChI=1S/C22H29N9O2/c1-12-7-9-25-15-13(12)17(32)31(20(24)27-15)22(5,6)8-10-29-11-26-16-14(29)18(33)30(19(23)28-16)21(2,3)4/h7,9,11H,8,10H2,1-6H3,(H2,23,28)(H2,24,25,27). The van der Waals surface area contributed by atoms with Gasteiger partial charge in [-0.2, -0.15) is 9.97 Å². The molecule has 0 aliphatic heterocycles. The first-order valence-electron chi connectivity index (χ1n) is 10.7. The highest BCUT2D eigenvalue weighted by atomic mass is 16.1. The first-order chi connectivity index (χ1) is 15.3. The summed E-state index contributed by atoms with van der Waals surface area (Å²) in [5, 5.41) is 0.445. The second-order valence-electron chi connectivity index (χ2n) is 9.89. The van der Waals surface area contributed by atoms with Gasteiger partial charge in [-0.25, -0.2) is 9.97 Å². The molecule has 0 amide bonds. The summed E-state index contributed by atoms with van der Waals surface area (Å²) in [5.41, 5.74) is 12.3. The molecule has 4 aromatic rings. The Morgan fingerprint density at radius 3 is 2.21 bits per heavy atom. The third-order valence-corrected chi connectivity index (χ3v) is 5.92. The van der Waals surface area contributed by atoms with Crippen LogP contribution in [0.4, 0.5) is 11.9 Å². The van der Waals surface area contributed by atoms with E-state index in [1.165, 1.54) is 9.13 Å². The third-order valence-electron chi connectivity index (χ3n) is 5.92. The summed E-state index contributed by atoms with van der Waals surface area (Å²) in [4.78, 5) is 43.7. The van der Waals surface area contributed by atoms with Gasteiger partial charge in [-0.3, -0.25) is 18.7 Å². The number of nitrogens with zero attached hydrogens (tertiary/aromatic N) is 7. The summed E-state index contributed by atoms with van der Waals surface area (Å²) in [6, 6.07) is 1.77. The van der Waals surface area contributed by atoms with Crippen LogP contribution in [0.5, 0.6) is 0 Å². The Morgan fingerprint density at radius 2 is 1.55 bits per heavy atom. The van der Waals surface area contributed by atoms with Gasteiger partial charge in [-0.15, -0.1) is 0 Å². The number of aryl methyl sites for hydroxylation is 2. The minimum atomic E-state index is -0.703. The number of pyridine rings is 1.